The van der Waals surface area contributed by atoms with E-state index in [0.29, 0.717) is 6.61 Å². The van der Waals surface area contributed by atoms with Crippen molar-refractivity contribution in [1.29, 1.82) is 0 Å². The van der Waals surface area contributed by atoms with Crippen LogP contribution in [0.4, 0.5) is 0 Å². The van der Waals surface area contributed by atoms with Gasteiger partial charge in [-0.3, -0.25) is 4.57 Å². The summed E-state index contributed by atoms with van der Waals surface area (Å²) in [5.41, 5.74) is 2.36. The van der Waals surface area contributed by atoms with Crippen molar-refractivity contribution >= 4 is 5.84 Å². The largest absolute Gasteiger partial charge is 0.494 e. The highest BCUT2D eigenvalue weighted by Gasteiger charge is 2.11. The average Bonchev–Trinajstić information content (AvgIpc) is 3.19. The monoisotopic (exact) mass is 348 g/mol. The minimum atomic E-state index is 0.684. The molecule has 0 saturated heterocycles. The van der Waals surface area contributed by atoms with Crippen molar-refractivity contribution in [3.63, 3.8) is 0 Å². The molecule has 5 heteroatoms. The lowest BCUT2D eigenvalue weighted by Gasteiger charge is -2.15. The first-order chi connectivity index (χ1) is 12.7. The van der Waals surface area contributed by atoms with Crippen molar-refractivity contribution in [1.82, 2.24) is 14.6 Å². The van der Waals surface area contributed by atoms with E-state index in [9.17, 15) is 0 Å². The number of rotatable bonds is 7. The Bertz CT molecular complexity index is 826. The number of hydrogen-bond acceptors (Lipinski definition) is 4. The molecule has 5 nitrogen and oxygen atoms in total. The van der Waals surface area contributed by atoms with Gasteiger partial charge in [0, 0.05) is 32.1 Å². The molecule has 0 atom stereocenters. The summed E-state index contributed by atoms with van der Waals surface area (Å²) in [6, 6.07) is 18.3. The van der Waals surface area contributed by atoms with Gasteiger partial charge in [0.05, 0.1) is 6.61 Å². The number of aromatic nitrogens is 2. The SMILES string of the molecule is CN(C)/N=C(/c1ccccc1CCCOc1ccccc1)n1ccnc1. The lowest BCUT2D eigenvalue weighted by molar-refractivity contribution is 0.311. The Morgan fingerprint density at radius 1 is 1.08 bits per heavy atom. The third-order valence-corrected chi connectivity index (χ3v) is 3.90. The van der Waals surface area contributed by atoms with Crippen LogP contribution in [-0.4, -0.2) is 41.1 Å². The van der Waals surface area contributed by atoms with E-state index in [1.54, 1.807) is 12.5 Å². The molecule has 0 aliphatic heterocycles. The maximum absolute atomic E-state index is 5.81. The van der Waals surface area contributed by atoms with Crippen LogP contribution in [0, 0.1) is 0 Å². The third kappa shape index (κ3) is 4.72. The number of nitrogens with zero attached hydrogens (tertiary/aromatic N) is 4. The molecule has 0 bridgehead atoms. The molecule has 0 radical (unpaired) electrons. The van der Waals surface area contributed by atoms with Crippen molar-refractivity contribution in [3.05, 3.63) is 84.4 Å². The molecule has 2 aromatic carbocycles. The van der Waals surface area contributed by atoms with Crippen molar-refractivity contribution in [2.24, 2.45) is 5.10 Å². The smallest absolute Gasteiger partial charge is 0.165 e. The quantitative estimate of drug-likeness (QED) is 0.283. The zero-order valence-electron chi connectivity index (χ0n) is 15.2. The van der Waals surface area contributed by atoms with Crippen LogP contribution in [-0.2, 0) is 6.42 Å². The zero-order valence-corrected chi connectivity index (χ0v) is 15.2. The van der Waals surface area contributed by atoms with Gasteiger partial charge in [-0.15, -0.1) is 0 Å². The molecule has 0 fully saturated rings. The predicted molar refractivity (Wildman–Crippen MR) is 105 cm³/mol. The minimum absolute atomic E-state index is 0.684. The van der Waals surface area contributed by atoms with E-state index in [1.807, 2.05) is 66.3 Å². The fraction of sp³-hybridized carbons (Fsp3) is 0.238. The first kappa shape index (κ1) is 17.7. The molecule has 0 saturated carbocycles. The number of hydrazone groups is 1. The van der Waals surface area contributed by atoms with Gasteiger partial charge in [-0.25, -0.2) is 4.98 Å². The normalized spacial score (nSPS) is 11.4. The molecule has 0 amide bonds. The Morgan fingerprint density at radius 3 is 2.58 bits per heavy atom. The lowest BCUT2D eigenvalue weighted by Crippen LogP contribution is -2.19. The van der Waals surface area contributed by atoms with Gasteiger partial charge in [0.2, 0.25) is 0 Å². The summed E-state index contributed by atoms with van der Waals surface area (Å²) in [5, 5.41) is 6.48. The molecule has 0 aliphatic carbocycles. The van der Waals surface area contributed by atoms with Gasteiger partial charge in [0.1, 0.15) is 12.1 Å². The maximum Gasteiger partial charge on any atom is 0.165 e. The van der Waals surface area contributed by atoms with Crippen molar-refractivity contribution in [2.45, 2.75) is 12.8 Å². The number of imidazole rings is 1. The summed E-state index contributed by atoms with van der Waals surface area (Å²) in [7, 11) is 3.85. The number of hydrogen-bond donors (Lipinski definition) is 0. The van der Waals surface area contributed by atoms with Crippen LogP contribution >= 0.6 is 0 Å². The molecule has 3 rings (SSSR count). The van der Waals surface area contributed by atoms with Crippen molar-refractivity contribution in [2.75, 3.05) is 20.7 Å². The molecular weight excluding hydrogens is 324 g/mol. The van der Waals surface area contributed by atoms with Crippen LogP contribution < -0.4 is 4.74 Å². The second-order valence-corrected chi connectivity index (χ2v) is 6.16. The van der Waals surface area contributed by atoms with Crippen LogP contribution in [0.5, 0.6) is 5.75 Å². The Labute approximate surface area is 154 Å². The Hall–Kier alpha value is -3.08. The number of aryl methyl sites for hydroxylation is 1. The Morgan fingerprint density at radius 2 is 1.85 bits per heavy atom. The van der Waals surface area contributed by atoms with E-state index in [-0.39, 0.29) is 0 Å². The van der Waals surface area contributed by atoms with E-state index >= 15 is 0 Å². The molecule has 0 spiro atoms. The molecule has 134 valence electrons. The highest BCUT2D eigenvalue weighted by Crippen LogP contribution is 2.15. The second-order valence-electron chi connectivity index (χ2n) is 6.16. The lowest BCUT2D eigenvalue weighted by atomic mass is 10.0. The van der Waals surface area contributed by atoms with Crippen molar-refractivity contribution < 1.29 is 4.74 Å². The van der Waals surface area contributed by atoms with Crippen LogP contribution in [0.25, 0.3) is 0 Å². The summed E-state index contributed by atoms with van der Waals surface area (Å²) >= 11 is 0. The van der Waals surface area contributed by atoms with E-state index in [0.717, 1.165) is 30.0 Å². The van der Waals surface area contributed by atoms with E-state index in [1.165, 1.54) is 5.56 Å². The predicted octanol–water partition coefficient (Wildman–Crippen LogP) is 3.67. The van der Waals surface area contributed by atoms with E-state index in [2.05, 4.69) is 28.3 Å². The molecule has 1 aromatic heterocycles. The number of para-hydroxylation sites is 1. The Kier molecular flexibility index (Phi) is 6.04. The van der Waals surface area contributed by atoms with Crippen LogP contribution in [0.15, 0.2) is 78.4 Å². The van der Waals surface area contributed by atoms with Gasteiger partial charge < -0.3 is 9.75 Å². The van der Waals surface area contributed by atoms with Gasteiger partial charge in [-0.05, 0) is 30.5 Å². The maximum atomic E-state index is 5.81. The summed E-state index contributed by atoms with van der Waals surface area (Å²) in [5.74, 6) is 1.78. The highest BCUT2D eigenvalue weighted by molar-refractivity contribution is 6.01. The van der Waals surface area contributed by atoms with Gasteiger partial charge in [-0.1, -0.05) is 42.5 Å². The molecule has 0 N–H and O–H groups in total. The van der Waals surface area contributed by atoms with Crippen LogP contribution in [0.3, 0.4) is 0 Å². The summed E-state index contributed by atoms with van der Waals surface area (Å²) < 4.78 is 7.75. The van der Waals surface area contributed by atoms with Crippen LogP contribution in [0.1, 0.15) is 17.5 Å². The molecule has 0 unspecified atom stereocenters. The number of benzene rings is 2. The van der Waals surface area contributed by atoms with Gasteiger partial charge in [0.25, 0.3) is 0 Å². The van der Waals surface area contributed by atoms with Crippen LogP contribution in [0.2, 0.25) is 0 Å². The molecule has 0 aliphatic rings. The van der Waals surface area contributed by atoms with E-state index in [4.69, 9.17) is 4.74 Å². The topological polar surface area (TPSA) is 42.6 Å². The summed E-state index contributed by atoms with van der Waals surface area (Å²) in [4.78, 5) is 4.16. The fourth-order valence-electron chi connectivity index (χ4n) is 2.74. The second kappa shape index (κ2) is 8.85. The van der Waals surface area contributed by atoms with Gasteiger partial charge in [0.15, 0.2) is 5.84 Å². The van der Waals surface area contributed by atoms with Crippen molar-refractivity contribution in [3.8, 4) is 5.75 Å². The van der Waals surface area contributed by atoms with Gasteiger partial charge >= 0.3 is 0 Å². The first-order valence-electron chi connectivity index (χ1n) is 8.74. The third-order valence-electron chi connectivity index (χ3n) is 3.90. The molecule has 1 heterocycles. The molecule has 3 aromatic rings. The minimum Gasteiger partial charge on any atom is -0.494 e. The summed E-state index contributed by atoms with van der Waals surface area (Å²) in [6.45, 7) is 0.684. The van der Waals surface area contributed by atoms with Gasteiger partial charge in [-0.2, -0.15) is 5.10 Å². The first-order valence-corrected chi connectivity index (χ1v) is 8.74. The standard InChI is InChI=1S/C21H24N4O/c1-24(2)23-21(25-15-14-22-17-25)20-13-7-6-9-18(20)10-8-16-26-19-11-4-3-5-12-19/h3-7,9,11-15,17H,8,10,16H2,1-2H3/b23-21-. The highest BCUT2D eigenvalue weighted by atomic mass is 16.5. The zero-order chi connectivity index (χ0) is 18.2. The molecule has 26 heavy (non-hydrogen) atoms. The van der Waals surface area contributed by atoms with E-state index < -0.39 is 0 Å². The summed E-state index contributed by atoms with van der Waals surface area (Å²) in [6.07, 6.45) is 7.31. The average molecular weight is 348 g/mol. The Balaban J connectivity index is 1.72. The number of ether oxygens (including phenoxy) is 1. The fourth-order valence-corrected chi connectivity index (χ4v) is 2.74. The molecular formula is C21H24N4O.